The first-order chi connectivity index (χ1) is 16.2. The summed E-state index contributed by atoms with van der Waals surface area (Å²) >= 11 is 5.87. The van der Waals surface area contributed by atoms with E-state index in [1.165, 1.54) is 55.3 Å². The number of ether oxygens (including phenoxy) is 1. The van der Waals surface area contributed by atoms with Crippen LogP contribution in [0.4, 0.5) is 14.5 Å². The number of nitrogens with zero attached hydrogens (tertiary/aromatic N) is 2. The summed E-state index contributed by atoms with van der Waals surface area (Å²) in [5.74, 6) is -4.29. The number of methoxy groups -OCH3 is 1. The summed E-state index contributed by atoms with van der Waals surface area (Å²) in [6.07, 6.45) is 1.52. The minimum Gasteiger partial charge on any atom is -0.497 e. The molecular weight excluding hydrogens is 468 g/mol. The Balaban J connectivity index is 1.77. The molecule has 0 unspecified atom stereocenters. The van der Waals surface area contributed by atoms with Gasteiger partial charge in [0.2, 0.25) is 5.91 Å². The molecule has 1 aliphatic heterocycles. The Morgan fingerprint density at radius 1 is 1.12 bits per heavy atom. The van der Waals surface area contributed by atoms with Crippen LogP contribution in [0.1, 0.15) is 21.8 Å². The van der Waals surface area contributed by atoms with Crippen LogP contribution in [-0.2, 0) is 11.8 Å². The third-order valence-electron chi connectivity index (χ3n) is 5.76. The normalized spacial score (nSPS) is 17.7. The van der Waals surface area contributed by atoms with Crippen molar-refractivity contribution < 1.29 is 23.1 Å². The van der Waals surface area contributed by atoms with Crippen LogP contribution in [-0.4, -0.2) is 36.1 Å². The van der Waals surface area contributed by atoms with Crippen LogP contribution in [0.3, 0.4) is 0 Å². The molecule has 0 spiro atoms. The van der Waals surface area contributed by atoms with Gasteiger partial charge in [-0.15, -0.1) is 0 Å². The monoisotopic (exact) mass is 487 g/mol. The van der Waals surface area contributed by atoms with E-state index in [9.17, 15) is 23.2 Å². The Labute approximate surface area is 198 Å². The molecule has 1 fully saturated rings. The molecule has 176 valence electrons. The summed E-state index contributed by atoms with van der Waals surface area (Å²) in [5, 5.41) is 3.00. The minimum absolute atomic E-state index is 0.0291. The molecule has 0 saturated carbocycles. The Hall–Kier alpha value is -3.72. The van der Waals surface area contributed by atoms with Crippen molar-refractivity contribution >= 4 is 29.1 Å². The lowest BCUT2D eigenvalue weighted by molar-refractivity contribution is -0.118. The van der Waals surface area contributed by atoms with Gasteiger partial charge >= 0.3 is 0 Å². The van der Waals surface area contributed by atoms with Crippen LogP contribution in [0.2, 0.25) is 5.02 Å². The van der Waals surface area contributed by atoms with Crippen molar-refractivity contribution in [2.24, 2.45) is 7.05 Å². The second-order valence-electron chi connectivity index (χ2n) is 7.83. The molecule has 1 aromatic heterocycles. The van der Waals surface area contributed by atoms with Gasteiger partial charge in [-0.3, -0.25) is 14.4 Å². The molecule has 7 nitrogen and oxygen atoms in total. The second-order valence-corrected chi connectivity index (χ2v) is 8.26. The predicted molar refractivity (Wildman–Crippen MR) is 122 cm³/mol. The van der Waals surface area contributed by atoms with Crippen molar-refractivity contribution in [3.05, 3.63) is 92.9 Å². The lowest BCUT2D eigenvalue weighted by atomic mass is 9.92. The molecule has 10 heteroatoms. The van der Waals surface area contributed by atoms with Crippen molar-refractivity contribution in [1.82, 2.24) is 9.88 Å². The predicted octanol–water partition coefficient (Wildman–Crippen LogP) is 3.25. The van der Waals surface area contributed by atoms with Crippen LogP contribution in [0.5, 0.6) is 5.75 Å². The van der Waals surface area contributed by atoms with E-state index < -0.39 is 41.0 Å². The zero-order valence-corrected chi connectivity index (χ0v) is 19.0. The second kappa shape index (κ2) is 9.26. The summed E-state index contributed by atoms with van der Waals surface area (Å²) in [5.41, 5.74) is -0.598. The first kappa shape index (κ1) is 23.4. The summed E-state index contributed by atoms with van der Waals surface area (Å²) in [4.78, 5) is 40.1. The first-order valence-corrected chi connectivity index (χ1v) is 10.7. The molecule has 0 radical (unpaired) electrons. The van der Waals surface area contributed by atoms with Crippen molar-refractivity contribution in [2.75, 3.05) is 18.6 Å². The van der Waals surface area contributed by atoms with E-state index in [0.29, 0.717) is 5.02 Å². The van der Waals surface area contributed by atoms with Crippen LogP contribution in [0, 0.1) is 11.6 Å². The van der Waals surface area contributed by atoms with E-state index in [0.717, 1.165) is 17.0 Å². The van der Waals surface area contributed by atoms with E-state index in [1.54, 1.807) is 6.07 Å². The van der Waals surface area contributed by atoms with Gasteiger partial charge in [-0.2, -0.15) is 0 Å². The minimum atomic E-state index is -1.33. The molecule has 2 amide bonds. The Kier molecular flexibility index (Phi) is 6.39. The average molecular weight is 488 g/mol. The summed E-state index contributed by atoms with van der Waals surface area (Å²) in [7, 11) is 2.79. The fourth-order valence-electron chi connectivity index (χ4n) is 4.02. The lowest BCUT2D eigenvalue weighted by Crippen LogP contribution is -2.44. The van der Waals surface area contributed by atoms with Gasteiger partial charge in [-0.25, -0.2) is 8.78 Å². The fraction of sp³-hybridized carbons (Fsp3) is 0.208. The molecule has 1 saturated heterocycles. The van der Waals surface area contributed by atoms with Gasteiger partial charge in [0, 0.05) is 54.0 Å². The number of hydrogen-bond donors (Lipinski definition) is 1. The van der Waals surface area contributed by atoms with Crippen molar-refractivity contribution in [3.63, 3.8) is 0 Å². The number of aromatic nitrogens is 1. The van der Waals surface area contributed by atoms with Crippen LogP contribution in [0.25, 0.3) is 0 Å². The van der Waals surface area contributed by atoms with E-state index in [4.69, 9.17) is 16.3 Å². The van der Waals surface area contributed by atoms with E-state index in [1.807, 2.05) is 0 Å². The van der Waals surface area contributed by atoms with Gasteiger partial charge in [0.05, 0.1) is 7.11 Å². The number of amides is 2. The molecule has 2 heterocycles. The molecule has 1 aliphatic rings. The van der Waals surface area contributed by atoms with Crippen LogP contribution < -0.4 is 20.5 Å². The maximum Gasteiger partial charge on any atom is 0.274 e. The Morgan fingerprint density at radius 2 is 1.76 bits per heavy atom. The SMILES string of the molecule is COc1cc(F)c([C@@H]2CN(c3cccn(C)c3=O)C(=O)[C@H]2NC(=O)c2ccc(Cl)cc2)c(F)c1. The van der Waals surface area contributed by atoms with Crippen molar-refractivity contribution in [1.29, 1.82) is 0 Å². The topological polar surface area (TPSA) is 80.6 Å². The lowest BCUT2D eigenvalue weighted by Gasteiger charge is -2.20. The molecule has 0 bridgehead atoms. The summed E-state index contributed by atoms with van der Waals surface area (Å²) in [6, 6.07) is 9.65. The highest BCUT2D eigenvalue weighted by Gasteiger charge is 2.45. The first-order valence-electron chi connectivity index (χ1n) is 10.3. The number of anilines is 1. The zero-order chi connectivity index (χ0) is 24.6. The maximum atomic E-state index is 15.0. The van der Waals surface area contributed by atoms with Gasteiger partial charge in [0.15, 0.2) is 0 Å². The van der Waals surface area contributed by atoms with Gasteiger partial charge in [0.25, 0.3) is 11.5 Å². The fourth-order valence-corrected chi connectivity index (χ4v) is 4.14. The van der Waals surface area contributed by atoms with E-state index in [2.05, 4.69) is 5.32 Å². The van der Waals surface area contributed by atoms with Gasteiger partial charge in [-0.05, 0) is 36.4 Å². The molecule has 2 aromatic carbocycles. The molecular formula is C24H20ClF2N3O4. The molecule has 2 atom stereocenters. The molecule has 1 N–H and O–H groups in total. The standard InChI is InChI=1S/C24H20ClF2N3O4/c1-29-9-3-4-19(23(29)32)30-12-16(20-17(26)10-15(34-2)11-18(20)27)21(24(30)33)28-22(31)13-5-7-14(25)8-6-13/h3-11,16,21H,12H2,1-2H3,(H,28,31)/t16-,21-/m0/s1. The molecule has 0 aliphatic carbocycles. The number of rotatable bonds is 5. The maximum absolute atomic E-state index is 15.0. The smallest absolute Gasteiger partial charge is 0.274 e. The molecule has 34 heavy (non-hydrogen) atoms. The highest BCUT2D eigenvalue weighted by atomic mass is 35.5. The van der Waals surface area contributed by atoms with Crippen molar-refractivity contribution in [2.45, 2.75) is 12.0 Å². The average Bonchev–Trinajstić information content (AvgIpc) is 3.11. The van der Waals surface area contributed by atoms with Crippen LogP contribution in [0.15, 0.2) is 59.5 Å². The number of carbonyl (C=O) groups excluding carboxylic acids is 2. The molecule has 4 rings (SSSR count). The van der Waals surface area contributed by atoms with Crippen molar-refractivity contribution in [3.8, 4) is 5.75 Å². The van der Waals surface area contributed by atoms with Crippen LogP contribution >= 0.6 is 11.6 Å². The number of nitrogens with one attached hydrogen (secondary N) is 1. The van der Waals surface area contributed by atoms with E-state index in [-0.39, 0.29) is 29.1 Å². The summed E-state index contributed by atoms with van der Waals surface area (Å²) in [6.45, 7) is -0.218. The quantitative estimate of drug-likeness (QED) is 0.599. The number of benzene rings is 2. The zero-order valence-electron chi connectivity index (χ0n) is 18.2. The number of aryl methyl sites for hydroxylation is 1. The summed E-state index contributed by atoms with van der Waals surface area (Å²) < 4.78 is 36.2. The largest absolute Gasteiger partial charge is 0.497 e. The highest BCUT2D eigenvalue weighted by molar-refractivity contribution is 6.30. The third-order valence-corrected chi connectivity index (χ3v) is 6.01. The van der Waals surface area contributed by atoms with Gasteiger partial charge < -0.3 is 19.5 Å². The number of pyridine rings is 1. The van der Waals surface area contributed by atoms with E-state index >= 15 is 0 Å². The Bertz CT molecular complexity index is 1300. The third kappa shape index (κ3) is 4.26. The number of halogens is 3. The number of hydrogen-bond acceptors (Lipinski definition) is 4. The van der Waals surface area contributed by atoms with Gasteiger partial charge in [0.1, 0.15) is 29.1 Å². The Morgan fingerprint density at radius 3 is 2.38 bits per heavy atom. The highest BCUT2D eigenvalue weighted by Crippen LogP contribution is 2.35. The molecule has 3 aromatic rings. The number of carbonyl (C=O) groups is 2. The van der Waals surface area contributed by atoms with Gasteiger partial charge in [-0.1, -0.05) is 11.6 Å².